The number of benzene rings is 1. The van der Waals surface area contributed by atoms with Crippen LogP contribution >= 0.6 is 0 Å². The molecule has 1 atom stereocenters. The van der Waals surface area contributed by atoms with Gasteiger partial charge in [-0.2, -0.15) is 0 Å². The fourth-order valence-electron chi connectivity index (χ4n) is 3.86. The molecule has 3 rings (SSSR count). The highest BCUT2D eigenvalue weighted by molar-refractivity contribution is 5.74. The molecule has 0 bridgehead atoms. The van der Waals surface area contributed by atoms with Crippen LogP contribution in [0.15, 0.2) is 24.3 Å². The molecule has 2 heterocycles. The number of morpholine rings is 1. The van der Waals surface area contributed by atoms with Crippen molar-refractivity contribution in [2.45, 2.75) is 38.6 Å². The Bertz CT molecular complexity index is 590. The molecule has 150 valence electrons. The van der Waals surface area contributed by atoms with Gasteiger partial charge in [0, 0.05) is 32.2 Å². The first-order chi connectivity index (χ1) is 13.2. The van der Waals surface area contributed by atoms with Gasteiger partial charge in [0.1, 0.15) is 12.4 Å². The molecule has 1 unspecified atom stereocenters. The van der Waals surface area contributed by atoms with Crippen LogP contribution in [-0.2, 0) is 4.74 Å². The number of piperidine rings is 1. The monoisotopic (exact) mass is 375 g/mol. The van der Waals surface area contributed by atoms with Crippen LogP contribution in [0.1, 0.15) is 31.2 Å². The molecule has 1 N–H and O–H groups in total. The van der Waals surface area contributed by atoms with Crippen LogP contribution in [0.3, 0.4) is 0 Å². The average Bonchev–Trinajstić information content (AvgIpc) is 2.71. The summed E-state index contributed by atoms with van der Waals surface area (Å²) in [6.45, 7) is 8.63. The number of carbonyl (C=O) groups is 1. The number of amides is 2. The molecule has 27 heavy (non-hydrogen) atoms. The number of carbonyl (C=O) groups excluding carboxylic acids is 1. The largest absolute Gasteiger partial charge is 0.491 e. The fraction of sp³-hybridized carbons (Fsp3) is 0.667. The quantitative estimate of drug-likeness (QED) is 0.745. The third-order valence-corrected chi connectivity index (χ3v) is 5.50. The summed E-state index contributed by atoms with van der Waals surface area (Å²) in [6, 6.07) is 8.35. The van der Waals surface area contributed by atoms with Crippen molar-refractivity contribution in [3.8, 4) is 5.75 Å². The number of hydrogen-bond acceptors (Lipinski definition) is 4. The summed E-state index contributed by atoms with van der Waals surface area (Å²) < 4.78 is 11.2. The SMILES string of the molecule is Cc1ccccc1OCCNC(=O)N1CCCCC1CCN1CCOCC1. The van der Waals surface area contributed by atoms with Gasteiger partial charge in [0.05, 0.1) is 19.8 Å². The number of nitrogens with one attached hydrogen (secondary N) is 1. The standard InChI is InChI=1S/C21H33N3O3/c1-18-6-2-3-8-20(18)27-15-10-22-21(25)24-11-5-4-7-19(24)9-12-23-13-16-26-17-14-23/h2-3,6,8,19H,4-5,7,9-17H2,1H3,(H,22,25). The fourth-order valence-corrected chi connectivity index (χ4v) is 3.86. The predicted octanol–water partition coefficient (Wildman–Crippen LogP) is 2.66. The number of rotatable bonds is 7. The highest BCUT2D eigenvalue weighted by Crippen LogP contribution is 2.20. The van der Waals surface area contributed by atoms with Gasteiger partial charge in [-0.3, -0.25) is 4.90 Å². The molecule has 6 heteroatoms. The highest BCUT2D eigenvalue weighted by Gasteiger charge is 2.27. The summed E-state index contributed by atoms with van der Waals surface area (Å²) in [4.78, 5) is 17.2. The van der Waals surface area contributed by atoms with E-state index in [1.807, 2.05) is 36.1 Å². The zero-order valence-corrected chi connectivity index (χ0v) is 16.5. The predicted molar refractivity (Wildman–Crippen MR) is 106 cm³/mol. The third kappa shape index (κ3) is 6.11. The number of likely N-dealkylation sites (tertiary alicyclic amines) is 1. The Hall–Kier alpha value is -1.79. The van der Waals surface area contributed by atoms with Crippen molar-refractivity contribution in [2.24, 2.45) is 0 Å². The maximum atomic E-state index is 12.7. The van der Waals surface area contributed by atoms with Crippen LogP contribution in [-0.4, -0.2) is 74.4 Å². The molecular formula is C21H33N3O3. The second kappa shape index (κ2) is 10.5. The zero-order valence-electron chi connectivity index (χ0n) is 16.5. The van der Waals surface area contributed by atoms with Crippen molar-refractivity contribution in [1.82, 2.24) is 15.1 Å². The minimum atomic E-state index is 0.0510. The maximum Gasteiger partial charge on any atom is 0.317 e. The van der Waals surface area contributed by atoms with E-state index in [1.165, 1.54) is 6.42 Å². The Kier molecular flexibility index (Phi) is 7.78. The molecule has 2 saturated heterocycles. The van der Waals surface area contributed by atoms with Gasteiger partial charge in [-0.1, -0.05) is 18.2 Å². The minimum Gasteiger partial charge on any atom is -0.491 e. The Labute approximate surface area is 162 Å². The summed E-state index contributed by atoms with van der Waals surface area (Å²) in [5.74, 6) is 0.883. The van der Waals surface area contributed by atoms with E-state index in [2.05, 4.69) is 10.2 Å². The molecule has 1 aromatic rings. The Morgan fingerprint density at radius 3 is 2.85 bits per heavy atom. The van der Waals surface area contributed by atoms with Crippen molar-refractivity contribution < 1.29 is 14.3 Å². The van der Waals surface area contributed by atoms with Crippen LogP contribution in [0, 0.1) is 6.92 Å². The van der Waals surface area contributed by atoms with Gasteiger partial charge in [-0.25, -0.2) is 4.79 Å². The van der Waals surface area contributed by atoms with Crippen LogP contribution < -0.4 is 10.1 Å². The molecule has 2 aliphatic heterocycles. The normalized spacial score (nSPS) is 21.1. The summed E-state index contributed by atoms with van der Waals surface area (Å²) in [6.07, 6.45) is 4.47. The molecule has 2 amide bonds. The van der Waals surface area contributed by atoms with Crippen molar-refractivity contribution in [3.05, 3.63) is 29.8 Å². The molecule has 2 aliphatic rings. The molecule has 0 spiro atoms. The second-order valence-corrected chi connectivity index (χ2v) is 7.43. The van der Waals surface area contributed by atoms with Crippen LogP contribution in [0.2, 0.25) is 0 Å². The van der Waals surface area contributed by atoms with Crippen molar-refractivity contribution in [1.29, 1.82) is 0 Å². The maximum absolute atomic E-state index is 12.7. The molecular weight excluding hydrogens is 342 g/mol. The van der Waals surface area contributed by atoms with Gasteiger partial charge in [0.25, 0.3) is 0 Å². The topological polar surface area (TPSA) is 54.0 Å². The van der Waals surface area contributed by atoms with E-state index in [4.69, 9.17) is 9.47 Å². The smallest absolute Gasteiger partial charge is 0.317 e. The first-order valence-corrected chi connectivity index (χ1v) is 10.3. The van der Waals surface area contributed by atoms with Crippen molar-refractivity contribution in [3.63, 3.8) is 0 Å². The highest BCUT2D eigenvalue weighted by atomic mass is 16.5. The van der Waals surface area contributed by atoms with Crippen LogP contribution in [0.25, 0.3) is 0 Å². The van der Waals surface area contributed by atoms with Crippen molar-refractivity contribution >= 4 is 6.03 Å². The van der Waals surface area contributed by atoms with E-state index in [-0.39, 0.29) is 6.03 Å². The van der Waals surface area contributed by atoms with Gasteiger partial charge >= 0.3 is 6.03 Å². The third-order valence-electron chi connectivity index (χ3n) is 5.50. The molecule has 6 nitrogen and oxygen atoms in total. The molecule has 2 fully saturated rings. The van der Waals surface area contributed by atoms with E-state index in [0.717, 1.165) is 70.0 Å². The van der Waals surface area contributed by atoms with Crippen LogP contribution in [0.5, 0.6) is 5.75 Å². The van der Waals surface area contributed by atoms with Gasteiger partial charge in [-0.15, -0.1) is 0 Å². The van der Waals surface area contributed by atoms with Gasteiger partial charge in [-0.05, 0) is 44.2 Å². The molecule has 1 aromatic carbocycles. The summed E-state index contributed by atoms with van der Waals surface area (Å²) in [5.41, 5.74) is 1.11. The molecule has 0 aromatic heterocycles. The first-order valence-electron chi connectivity index (χ1n) is 10.3. The number of ether oxygens (including phenoxy) is 2. The number of aryl methyl sites for hydroxylation is 1. The first kappa shape index (κ1) is 20.0. The zero-order chi connectivity index (χ0) is 18.9. The Balaban J connectivity index is 1.40. The van der Waals surface area contributed by atoms with Gasteiger partial charge in [0.2, 0.25) is 0 Å². The van der Waals surface area contributed by atoms with E-state index in [0.29, 0.717) is 19.2 Å². The summed E-state index contributed by atoms with van der Waals surface area (Å²) in [5, 5.41) is 3.04. The van der Waals surface area contributed by atoms with E-state index >= 15 is 0 Å². The van der Waals surface area contributed by atoms with Gasteiger partial charge in [0.15, 0.2) is 0 Å². The lowest BCUT2D eigenvalue weighted by atomic mass is 9.99. The molecule has 0 aliphatic carbocycles. The molecule has 0 saturated carbocycles. The van der Waals surface area contributed by atoms with E-state index in [1.54, 1.807) is 0 Å². The number of hydrogen-bond donors (Lipinski definition) is 1. The number of para-hydroxylation sites is 1. The van der Waals surface area contributed by atoms with Crippen molar-refractivity contribution in [2.75, 3.05) is 52.5 Å². The number of urea groups is 1. The van der Waals surface area contributed by atoms with Gasteiger partial charge < -0.3 is 19.7 Å². The average molecular weight is 376 g/mol. The Morgan fingerprint density at radius 1 is 1.22 bits per heavy atom. The van der Waals surface area contributed by atoms with Crippen LogP contribution in [0.4, 0.5) is 4.79 Å². The summed E-state index contributed by atoms with van der Waals surface area (Å²) in [7, 11) is 0. The number of nitrogens with zero attached hydrogens (tertiary/aromatic N) is 2. The minimum absolute atomic E-state index is 0.0510. The Morgan fingerprint density at radius 2 is 2.04 bits per heavy atom. The van der Waals surface area contributed by atoms with E-state index in [9.17, 15) is 4.79 Å². The lowest BCUT2D eigenvalue weighted by Gasteiger charge is -2.37. The summed E-state index contributed by atoms with van der Waals surface area (Å²) >= 11 is 0. The molecule has 0 radical (unpaired) electrons. The lowest BCUT2D eigenvalue weighted by molar-refractivity contribution is 0.0326. The lowest BCUT2D eigenvalue weighted by Crippen LogP contribution is -2.50. The second-order valence-electron chi connectivity index (χ2n) is 7.43. The van der Waals surface area contributed by atoms with E-state index < -0.39 is 0 Å².